The summed E-state index contributed by atoms with van der Waals surface area (Å²) in [5, 5.41) is 1.51. The molecule has 0 N–H and O–H groups in total. The largest absolute Gasteiger partial charge is 0.450 e. The van der Waals surface area contributed by atoms with E-state index in [0.29, 0.717) is 31.5 Å². The zero-order valence-corrected chi connectivity index (χ0v) is 17.2. The molecule has 140 valence electrons. The smallest absolute Gasteiger partial charge is 0.298 e. The highest BCUT2D eigenvalue weighted by Crippen LogP contribution is 2.37. The Hall–Kier alpha value is -2.12. The van der Waals surface area contributed by atoms with Gasteiger partial charge in [-0.2, -0.15) is 0 Å². The predicted octanol–water partition coefficient (Wildman–Crippen LogP) is 6.98. The van der Waals surface area contributed by atoms with Crippen LogP contribution in [-0.2, 0) is 4.79 Å². The molecule has 1 fully saturated rings. The van der Waals surface area contributed by atoms with Crippen LogP contribution in [0.25, 0.3) is 6.08 Å². The lowest BCUT2D eigenvalue weighted by atomic mass is 10.3. The minimum atomic E-state index is -0.388. The highest BCUT2D eigenvalue weighted by atomic mass is 35.5. The molecule has 1 aliphatic rings. The second-order valence-corrected chi connectivity index (χ2v) is 8.65. The molecule has 1 saturated heterocycles. The number of hydrogen-bond acceptors (Lipinski definition) is 5. The average molecular weight is 448 g/mol. The molecule has 2 aromatic carbocycles. The maximum absolute atomic E-state index is 12.7. The van der Waals surface area contributed by atoms with Crippen molar-refractivity contribution in [2.75, 3.05) is 4.90 Å². The molecule has 4 rings (SSSR count). The van der Waals surface area contributed by atoms with E-state index in [9.17, 15) is 9.59 Å². The van der Waals surface area contributed by atoms with Crippen LogP contribution in [0.3, 0.4) is 0 Å². The van der Waals surface area contributed by atoms with E-state index in [4.69, 9.17) is 27.6 Å². The van der Waals surface area contributed by atoms with Gasteiger partial charge < -0.3 is 4.42 Å². The van der Waals surface area contributed by atoms with E-state index in [-0.39, 0.29) is 11.1 Å². The third-order valence-corrected chi connectivity index (χ3v) is 6.09. The Morgan fingerprint density at radius 1 is 0.893 bits per heavy atom. The van der Waals surface area contributed by atoms with E-state index in [1.54, 1.807) is 48.5 Å². The summed E-state index contributed by atoms with van der Waals surface area (Å²) >= 11 is 14.1. The van der Waals surface area contributed by atoms with E-state index < -0.39 is 0 Å². The fourth-order valence-corrected chi connectivity index (χ4v) is 4.35. The third kappa shape index (κ3) is 4.15. The number of hydrogen-bond donors (Lipinski definition) is 0. The van der Waals surface area contributed by atoms with E-state index in [2.05, 4.69) is 0 Å². The van der Waals surface area contributed by atoms with E-state index in [1.807, 2.05) is 18.2 Å². The zero-order chi connectivity index (χ0) is 19.7. The van der Waals surface area contributed by atoms with Crippen molar-refractivity contribution in [2.45, 2.75) is 9.99 Å². The fraction of sp³-hybridized carbons (Fsp3) is 0. The van der Waals surface area contributed by atoms with Gasteiger partial charge in [0.1, 0.15) is 5.76 Å². The Morgan fingerprint density at radius 3 is 2.21 bits per heavy atom. The lowest BCUT2D eigenvalue weighted by Gasteiger charge is -2.11. The van der Waals surface area contributed by atoms with Crippen LogP contribution < -0.4 is 4.90 Å². The maximum Gasteiger partial charge on any atom is 0.298 e. The molecular formula is C20H11Cl2NO3S2. The Bertz CT molecular complexity index is 1080. The third-order valence-electron chi connectivity index (χ3n) is 3.79. The summed E-state index contributed by atoms with van der Waals surface area (Å²) in [5.41, 5.74) is 0.480. The number of benzene rings is 2. The van der Waals surface area contributed by atoms with E-state index in [0.717, 1.165) is 21.6 Å². The number of halogens is 2. The monoisotopic (exact) mass is 447 g/mol. The fourth-order valence-electron chi connectivity index (χ4n) is 2.50. The summed E-state index contributed by atoms with van der Waals surface area (Å²) in [4.78, 5) is 27.4. The molecule has 0 spiro atoms. The number of nitrogens with zero attached hydrogens (tertiary/aromatic N) is 1. The van der Waals surface area contributed by atoms with Gasteiger partial charge in [-0.3, -0.25) is 9.59 Å². The molecule has 0 aliphatic carbocycles. The predicted molar refractivity (Wildman–Crippen MR) is 114 cm³/mol. The van der Waals surface area contributed by atoms with Crippen molar-refractivity contribution in [1.29, 1.82) is 0 Å². The van der Waals surface area contributed by atoms with Crippen LogP contribution in [0.4, 0.5) is 10.5 Å². The number of carbonyl (C=O) groups is 2. The zero-order valence-electron chi connectivity index (χ0n) is 14.1. The van der Waals surface area contributed by atoms with Gasteiger partial charge >= 0.3 is 0 Å². The normalized spacial score (nSPS) is 15.6. The number of furan rings is 1. The molecule has 1 aliphatic heterocycles. The van der Waals surface area contributed by atoms with Crippen LogP contribution >= 0.6 is 46.7 Å². The summed E-state index contributed by atoms with van der Waals surface area (Å²) in [6, 6.07) is 17.5. The van der Waals surface area contributed by atoms with Crippen molar-refractivity contribution in [1.82, 2.24) is 0 Å². The van der Waals surface area contributed by atoms with Crippen LogP contribution in [0.15, 0.2) is 80.0 Å². The van der Waals surface area contributed by atoms with Crippen LogP contribution in [0, 0.1) is 0 Å². The van der Waals surface area contributed by atoms with Gasteiger partial charge in [0.05, 0.1) is 10.6 Å². The van der Waals surface area contributed by atoms with Gasteiger partial charge in [-0.1, -0.05) is 35.0 Å². The van der Waals surface area contributed by atoms with E-state index >= 15 is 0 Å². The number of rotatable bonds is 4. The van der Waals surface area contributed by atoms with Crippen LogP contribution in [0.5, 0.6) is 0 Å². The lowest BCUT2D eigenvalue weighted by Crippen LogP contribution is -2.27. The first kappa shape index (κ1) is 19.2. The molecule has 3 aromatic rings. The SMILES string of the molecule is O=C1S/C(=C/c2ccc(Sc3ccc(Cl)cc3)o2)C(=O)N1c1ccc(Cl)cc1. The maximum atomic E-state index is 12.7. The van der Waals surface area contributed by atoms with Gasteiger partial charge in [-0.05, 0) is 72.4 Å². The van der Waals surface area contributed by atoms with Crippen molar-refractivity contribution in [2.24, 2.45) is 0 Å². The number of imide groups is 1. The van der Waals surface area contributed by atoms with Gasteiger partial charge in [0, 0.05) is 21.0 Å². The van der Waals surface area contributed by atoms with Gasteiger partial charge in [-0.25, -0.2) is 4.90 Å². The molecule has 2 amide bonds. The highest BCUT2D eigenvalue weighted by Gasteiger charge is 2.36. The van der Waals surface area contributed by atoms with Crippen molar-refractivity contribution >= 4 is 69.6 Å². The molecule has 8 heteroatoms. The van der Waals surface area contributed by atoms with E-state index in [1.165, 1.54) is 11.8 Å². The van der Waals surface area contributed by atoms with Crippen LogP contribution in [0.1, 0.15) is 5.76 Å². The first-order valence-corrected chi connectivity index (χ1v) is 10.5. The molecule has 4 nitrogen and oxygen atoms in total. The molecule has 1 aromatic heterocycles. The Kier molecular flexibility index (Phi) is 5.55. The highest BCUT2D eigenvalue weighted by molar-refractivity contribution is 8.19. The quantitative estimate of drug-likeness (QED) is 0.403. The van der Waals surface area contributed by atoms with Gasteiger partial charge in [0.25, 0.3) is 11.1 Å². The first-order valence-electron chi connectivity index (χ1n) is 8.06. The molecule has 0 unspecified atom stereocenters. The van der Waals surface area contributed by atoms with Crippen LogP contribution in [-0.4, -0.2) is 11.1 Å². The van der Waals surface area contributed by atoms with Crippen molar-refractivity contribution in [3.05, 3.63) is 81.4 Å². The second-order valence-electron chi connectivity index (χ2n) is 5.71. The molecule has 0 radical (unpaired) electrons. The molecule has 2 heterocycles. The number of amides is 2. The standard InChI is InChI=1S/C20H11Cl2NO3S2/c21-12-1-5-14(6-2-12)23-19(24)17(28-20(23)25)11-15-7-10-18(26-15)27-16-8-3-13(22)4-9-16/h1-11H/b17-11+. The minimum absolute atomic E-state index is 0.303. The summed E-state index contributed by atoms with van der Waals surface area (Å²) in [6.45, 7) is 0. The van der Waals surface area contributed by atoms with Gasteiger partial charge in [-0.15, -0.1) is 0 Å². The van der Waals surface area contributed by atoms with Crippen molar-refractivity contribution < 1.29 is 14.0 Å². The number of carbonyl (C=O) groups excluding carboxylic acids is 2. The number of anilines is 1. The molecule has 0 bridgehead atoms. The Morgan fingerprint density at radius 2 is 1.54 bits per heavy atom. The van der Waals surface area contributed by atoms with Crippen molar-refractivity contribution in [3.8, 4) is 0 Å². The average Bonchev–Trinajstić information content (AvgIpc) is 3.22. The summed E-state index contributed by atoms with van der Waals surface area (Å²) < 4.78 is 5.76. The molecule has 0 atom stereocenters. The van der Waals surface area contributed by atoms with Crippen molar-refractivity contribution in [3.63, 3.8) is 0 Å². The van der Waals surface area contributed by atoms with Gasteiger partial charge in [0.2, 0.25) is 0 Å². The summed E-state index contributed by atoms with van der Waals surface area (Å²) in [6.07, 6.45) is 1.58. The number of thioether (sulfide) groups is 1. The summed E-state index contributed by atoms with van der Waals surface area (Å²) in [7, 11) is 0. The topological polar surface area (TPSA) is 50.5 Å². The molecule has 0 saturated carbocycles. The Labute approximate surface area is 179 Å². The second kappa shape index (κ2) is 8.09. The minimum Gasteiger partial charge on any atom is -0.450 e. The first-order chi connectivity index (χ1) is 13.5. The molecular weight excluding hydrogens is 437 g/mol. The Balaban J connectivity index is 1.52. The van der Waals surface area contributed by atoms with Gasteiger partial charge in [0.15, 0.2) is 5.09 Å². The molecule has 28 heavy (non-hydrogen) atoms. The van der Waals surface area contributed by atoms with Crippen LogP contribution in [0.2, 0.25) is 10.0 Å². The summed E-state index contributed by atoms with van der Waals surface area (Å²) in [5.74, 6) is 0.110. The lowest BCUT2D eigenvalue weighted by molar-refractivity contribution is -0.113.